The molecule has 1 N–H and O–H groups in total. The molecule has 0 fully saturated rings. The third-order valence-electron chi connectivity index (χ3n) is 4.81. The molecule has 7 heteroatoms. The maximum absolute atomic E-state index is 13.2. The molecule has 0 unspecified atom stereocenters. The van der Waals surface area contributed by atoms with Gasteiger partial charge in [-0.1, -0.05) is 18.2 Å². The lowest BCUT2D eigenvalue weighted by atomic mass is 10.1. The third kappa shape index (κ3) is 3.42. The average Bonchev–Trinajstić information content (AvgIpc) is 3.28. The van der Waals surface area contributed by atoms with Crippen LogP contribution in [0.1, 0.15) is 32.2 Å². The zero-order valence-corrected chi connectivity index (χ0v) is 15.9. The number of hydrogen-bond acceptors (Lipinski definition) is 4. The molecule has 0 amide bonds. The molecule has 2 aromatic carbocycles. The molecule has 2 aromatic heterocycles. The molecule has 0 bridgehead atoms. The number of aromatic amines is 1. The van der Waals surface area contributed by atoms with E-state index in [-0.39, 0.29) is 17.3 Å². The van der Waals surface area contributed by atoms with Gasteiger partial charge in [-0.2, -0.15) is 5.10 Å². The summed E-state index contributed by atoms with van der Waals surface area (Å²) in [7, 11) is 0. The number of hydrogen-bond donors (Lipinski definition) is 1. The van der Waals surface area contributed by atoms with Crippen molar-refractivity contribution in [2.24, 2.45) is 0 Å². The molecule has 2 heterocycles. The van der Waals surface area contributed by atoms with Gasteiger partial charge in [0, 0.05) is 28.0 Å². The molecule has 0 saturated heterocycles. The molecule has 0 aliphatic carbocycles. The van der Waals surface area contributed by atoms with Gasteiger partial charge in [-0.05, 0) is 50.2 Å². The van der Waals surface area contributed by atoms with E-state index in [1.165, 1.54) is 12.1 Å². The molecule has 6 nitrogen and oxygen atoms in total. The highest BCUT2D eigenvalue weighted by Crippen LogP contribution is 2.22. The van der Waals surface area contributed by atoms with E-state index in [1.54, 1.807) is 43.3 Å². The van der Waals surface area contributed by atoms with Gasteiger partial charge >= 0.3 is 5.97 Å². The summed E-state index contributed by atoms with van der Waals surface area (Å²) >= 11 is 0. The van der Waals surface area contributed by atoms with Gasteiger partial charge in [0.2, 0.25) is 5.78 Å². The Kier molecular flexibility index (Phi) is 4.72. The van der Waals surface area contributed by atoms with Gasteiger partial charge in [-0.15, -0.1) is 0 Å². The predicted octanol–water partition coefficient (Wildman–Crippen LogP) is 4.15. The highest BCUT2D eigenvalue weighted by atomic mass is 19.1. The van der Waals surface area contributed by atoms with E-state index >= 15 is 0 Å². The van der Waals surface area contributed by atoms with Crippen molar-refractivity contribution in [3.63, 3.8) is 0 Å². The first-order chi connectivity index (χ1) is 14.0. The Morgan fingerprint density at radius 3 is 2.59 bits per heavy atom. The molecule has 4 aromatic rings. The van der Waals surface area contributed by atoms with Crippen molar-refractivity contribution in [3.8, 4) is 5.69 Å². The number of carbonyl (C=O) groups is 2. The Morgan fingerprint density at radius 1 is 1.10 bits per heavy atom. The summed E-state index contributed by atoms with van der Waals surface area (Å²) in [5.74, 6) is -1.31. The van der Waals surface area contributed by atoms with Crippen LogP contribution in [-0.2, 0) is 4.74 Å². The molecule has 0 radical (unpaired) electrons. The van der Waals surface area contributed by atoms with Gasteiger partial charge in [0.05, 0.1) is 5.52 Å². The van der Waals surface area contributed by atoms with Crippen molar-refractivity contribution in [1.82, 2.24) is 14.8 Å². The molecule has 0 atom stereocenters. The van der Waals surface area contributed by atoms with Crippen LogP contribution in [0.15, 0.2) is 54.6 Å². The minimum absolute atomic E-state index is 0.144. The van der Waals surface area contributed by atoms with Crippen molar-refractivity contribution in [2.45, 2.75) is 13.8 Å². The predicted molar refractivity (Wildman–Crippen MR) is 106 cm³/mol. The van der Waals surface area contributed by atoms with E-state index in [1.807, 2.05) is 17.6 Å². The maximum Gasteiger partial charge on any atom is 0.359 e. The van der Waals surface area contributed by atoms with Crippen molar-refractivity contribution >= 4 is 22.7 Å². The van der Waals surface area contributed by atoms with Crippen molar-refractivity contribution in [3.05, 3.63) is 83.1 Å². The van der Waals surface area contributed by atoms with Crippen LogP contribution in [0.2, 0.25) is 0 Å². The number of para-hydroxylation sites is 1. The van der Waals surface area contributed by atoms with E-state index in [2.05, 4.69) is 10.2 Å². The Bertz CT molecular complexity index is 1220. The van der Waals surface area contributed by atoms with Crippen LogP contribution in [0.5, 0.6) is 0 Å². The molecule has 29 heavy (non-hydrogen) atoms. The van der Waals surface area contributed by atoms with Crippen LogP contribution in [0.25, 0.3) is 16.6 Å². The van der Waals surface area contributed by atoms with Gasteiger partial charge in [-0.3, -0.25) is 9.89 Å². The fourth-order valence-corrected chi connectivity index (χ4v) is 3.43. The fourth-order valence-electron chi connectivity index (χ4n) is 3.43. The van der Waals surface area contributed by atoms with E-state index < -0.39 is 12.6 Å². The largest absolute Gasteiger partial charge is 0.452 e. The zero-order valence-electron chi connectivity index (χ0n) is 15.9. The number of halogens is 1. The summed E-state index contributed by atoms with van der Waals surface area (Å²) in [6.45, 7) is 3.26. The molecule has 0 spiro atoms. The van der Waals surface area contributed by atoms with Gasteiger partial charge < -0.3 is 9.30 Å². The number of esters is 1. The number of nitrogens with one attached hydrogen (secondary N) is 1. The maximum atomic E-state index is 13.2. The lowest BCUT2D eigenvalue weighted by molar-refractivity contribution is 0.0470. The second-order valence-electron chi connectivity index (χ2n) is 6.71. The quantitative estimate of drug-likeness (QED) is 0.410. The number of ketones is 1. The Morgan fingerprint density at radius 2 is 1.83 bits per heavy atom. The van der Waals surface area contributed by atoms with Crippen LogP contribution in [0.3, 0.4) is 0 Å². The smallest absolute Gasteiger partial charge is 0.359 e. The number of benzene rings is 2. The molecular formula is C22H18FN3O3. The monoisotopic (exact) mass is 391 g/mol. The summed E-state index contributed by atoms with van der Waals surface area (Å²) in [5, 5.41) is 7.39. The van der Waals surface area contributed by atoms with E-state index in [0.29, 0.717) is 22.2 Å². The Balaban J connectivity index is 1.52. The number of fused-ring (bicyclic) bond motifs is 1. The topological polar surface area (TPSA) is 77.0 Å². The lowest BCUT2D eigenvalue weighted by Crippen LogP contribution is -2.15. The van der Waals surface area contributed by atoms with Gasteiger partial charge in [0.25, 0.3) is 0 Å². The number of rotatable bonds is 5. The molecule has 0 aliphatic heterocycles. The second kappa shape index (κ2) is 7.35. The molecule has 4 rings (SSSR count). The zero-order chi connectivity index (χ0) is 20.5. The summed E-state index contributed by atoms with van der Waals surface area (Å²) in [5.41, 5.74) is 3.58. The Labute approximate surface area is 165 Å². The van der Waals surface area contributed by atoms with Gasteiger partial charge in [-0.25, -0.2) is 9.18 Å². The van der Waals surface area contributed by atoms with Crippen LogP contribution in [0.4, 0.5) is 4.39 Å². The molecule has 146 valence electrons. The van der Waals surface area contributed by atoms with Crippen LogP contribution < -0.4 is 0 Å². The van der Waals surface area contributed by atoms with Crippen molar-refractivity contribution < 1.29 is 18.7 Å². The van der Waals surface area contributed by atoms with Gasteiger partial charge in [0.15, 0.2) is 12.3 Å². The first kappa shape index (κ1) is 18.6. The minimum atomic E-state index is -0.664. The number of H-pyrrole nitrogens is 1. The highest BCUT2D eigenvalue weighted by molar-refractivity contribution is 6.04. The van der Waals surface area contributed by atoms with Crippen molar-refractivity contribution in [2.75, 3.05) is 6.61 Å². The minimum Gasteiger partial charge on any atom is -0.452 e. The third-order valence-corrected chi connectivity index (χ3v) is 4.81. The first-order valence-electron chi connectivity index (χ1n) is 9.04. The number of nitrogens with zero attached hydrogens (tertiary/aromatic N) is 2. The average molecular weight is 391 g/mol. The summed E-state index contributed by atoms with van der Waals surface area (Å²) in [4.78, 5) is 25.0. The van der Waals surface area contributed by atoms with Crippen molar-refractivity contribution in [1.29, 1.82) is 0 Å². The summed E-state index contributed by atoms with van der Waals surface area (Å²) < 4.78 is 20.3. The lowest BCUT2D eigenvalue weighted by Gasteiger charge is -2.10. The van der Waals surface area contributed by atoms with Gasteiger partial charge in [0.1, 0.15) is 5.82 Å². The molecule has 0 saturated carbocycles. The summed E-state index contributed by atoms with van der Waals surface area (Å²) in [6.07, 6.45) is 0. The first-order valence-corrected chi connectivity index (χ1v) is 9.04. The van der Waals surface area contributed by atoms with Crippen LogP contribution in [-0.4, -0.2) is 33.1 Å². The highest BCUT2D eigenvalue weighted by Gasteiger charge is 2.20. The normalized spacial score (nSPS) is 11.0. The number of aryl methyl sites for hydroxylation is 1. The SMILES string of the molecule is Cc1cc(C(=O)COC(=O)c2n[nH]c3ccccc23)c(C)n1-c1ccc(F)cc1. The van der Waals surface area contributed by atoms with Crippen LogP contribution in [0, 0.1) is 19.7 Å². The van der Waals surface area contributed by atoms with E-state index in [4.69, 9.17) is 4.74 Å². The summed E-state index contributed by atoms with van der Waals surface area (Å²) in [6, 6.07) is 14.9. The number of carbonyl (C=O) groups excluding carboxylic acids is 2. The fraction of sp³-hybridized carbons (Fsp3) is 0.136. The second-order valence-corrected chi connectivity index (χ2v) is 6.71. The van der Waals surface area contributed by atoms with E-state index in [0.717, 1.165) is 11.4 Å². The molecular weight excluding hydrogens is 373 g/mol. The molecule has 0 aliphatic rings. The number of ether oxygens (including phenoxy) is 1. The van der Waals surface area contributed by atoms with Crippen LogP contribution >= 0.6 is 0 Å². The number of aromatic nitrogens is 3. The van der Waals surface area contributed by atoms with E-state index in [9.17, 15) is 14.0 Å². The standard InChI is InChI=1S/C22H18FN3O3/c1-13-11-18(14(2)26(13)16-9-7-15(23)8-10-16)20(27)12-29-22(28)21-17-5-3-4-6-19(17)24-25-21/h3-11H,12H2,1-2H3,(H,24,25). The number of Topliss-reactive ketones (excluding diaryl/α,β-unsaturated/α-hetero) is 1. The Hall–Kier alpha value is -3.74.